The van der Waals surface area contributed by atoms with Crippen molar-refractivity contribution in [1.82, 2.24) is 4.98 Å². The van der Waals surface area contributed by atoms with Crippen molar-refractivity contribution in [2.75, 3.05) is 0 Å². The fraction of sp³-hybridized carbons (Fsp3) is 0.0833. The van der Waals surface area contributed by atoms with Gasteiger partial charge in [0.1, 0.15) is 22.5 Å². The number of carboxylic acids is 1. The number of aromatic nitrogens is 1. The number of ether oxygens (including phenoxy) is 1. The zero-order chi connectivity index (χ0) is 21.3. The molecule has 0 amide bonds. The minimum absolute atomic E-state index is 0.151. The van der Waals surface area contributed by atoms with E-state index in [4.69, 9.17) is 16.3 Å². The van der Waals surface area contributed by atoms with Crippen molar-refractivity contribution in [1.29, 1.82) is 0 Å². The van der Waals surface area contributed by atoms with Gasteiger partial charge in [-0.3, -0.25) is 4.79 Å². The molecule has 1 aliphatic carbocycles. The van der Waals surface area contributed by atoms with Crippen molar-refractivity contribution in [3.8, 4) is 11.5 Å². The van der Waals surface area contributed by atoms with Gasteiger partial charge in [0.2, 0.25) is 0 Å². The molecule has 30 heavy (non-hydrogen) atoms. The molecule has 4 nitrogen and oxygen atoms in total. The molecule has 1 N–H and O–H groups in total. The Morgan fingerprint density at radius 3 is 2.50 bits per heavy atom. The lowest BCUT2D eigenvalue weighted by Gasteiger charge is -2.07. The Balaban J connectivity index is 1.64. The standard InChI is InChI=1S/C24H17ClFNO3/c1-14-20(19-8-4-16(26)11-22(19)21(14)12-24(28)29)10-15-2-5-17(6-3-15)30-18-7-9-23(25)27-13-18/h2-11,13H,12H2,1H3,(H,28,29)/b20-10-. The third kappa shape index (κ3) is 4.11. The number of nitrogens with zero attached hydrogens (tertiary/aromatic N) is 1. The van der Waals surface area contributed by atoms with E-state index >= 15 is 0 Å². The van der Waals surface area contributed by atoms with E-state index in [1.807, 2.05) is 37.3 Å². The van der Waals surface area contributed by atoms with Crippen LogP contribution in [0.4, 0.5) is 4.39 Å². The number of hydrogen-bond donors (Lipinski definition) is 1. The maximum Gasteiger partial charge on any atom is 0.307 e. The van der Waals surface area contributed by atoms with E-state index in [1.54, 1.807) is 24.4 Å². The molecule has 1 aromatic heterocycles. The number of rotatable bonds is 5. The highest BCUT2D eigenvalue weighted by Crippen LogP contribution is 2.43. The van der Waals surface area contributed by atoms with Crippen LogP contribution in [0.2, 0.25) is 5.15 Å². The quantitative estimate of drug-likeness (QED) is 0.479. The van der Waals surface area contributed by atoms with Crippen LogP contribution in [0, 0.1) is 5.82 Å². The molecule has 4 rings (SSSR count). The molecule has 0 saturated heterocycles. The van der Waals surface area contributed by atoms with Crippen LogP contribution in [-0.2, 0) is 4.79 Å². The summed E-state index contributed by atoms with van der Waals surface area (Å²) in [6.07, 6.45) is 3.36. The third-order valence-electron chi connectivity index (χ3n) is 4.91. The summed E-state index contributed by atoms with van der Waals surface area (Å²) in [4.78, 5) is 15.3. The SMILES string of the molecule is CC1=C(CC(=O)O)c2cc(F)ccc2/C1=C\c1ccc(Oc2ccc(Cl)nc2)cc1. The zero-order valence-electron chi connectivity index (χ0n) is 16.0. The zero-order valence-corrected chi connectivity index (χ0v) is 16.8. The number of fused-ring (bicyclic) bond motifs is 1. The molecule has 0 radical (unpaired) electrons. The molecule has 0 aliphatic heterocycles. The molecule has 1 heterocycles. The van der Waals surface area contributed by atoms with Gasteiger partial charge in [0.15, 0.2) is 0 Å². The average Bonchev–Trinajstić information content (AvgIpc) is 2.96. The van der Waals surface area contributed by atoms with Crippen molar-refractivity contribution >= 4 is 34.8 Å². The average molecular weight is 422 g/mol. The Bertz CT molecular complexity index is 1180. The summed E-state index contributed by atoms with van der Waals surface area (Å²) in [5.41, 5.74) is 4.74. The normalized spacial score (nSPS) is 14.2. The van der Waals surface area contributed by atoms with E-state index in [9.17, 15) is 14.3 Å². The highest BCUT2D eigenvalue weighted by atomic mass is 35.5. The first-order chi connectivity index (χ1) is 14.4. The van der Waals surface area contributed by atoms with Gasteiger partial charge in [-0.05, 0) is 82.8 Å². The van der Waals surface area contributed by atoms with Crippen molar-refractivity contribution in [2.45, 2.75) is 13.3 Å². The Labute approximate surface area is 177 Å². The van der Waals surface area contributed by atoms with E-state index in [2.05, 4.69) is 4.98 Å². The van der Waals surface area contributed by atoms with Gasteiger partial charge >= 0.3 is 5.97 Å². The molecule has 0 unspecified atom stereocenters. The first kappa shape index (κ1) is 19.9. The molecule has 0 atom stereocenters. The summed E-state index contributed by atoms with van der Waals surface area (Å²) >= 11 is 5.78. The molecule has 150 valence electrons. The van der Waals surface area contributed by atoms with Crippen molar-refractivity contribution in [3.05, 3.63) is 94.0 Å². The molecule has 1 aliphatic rings. The molecule has 0 bridgehead atoms. The lowest BCUT2D eigenvalue weighted by molar-refractivity contribution is -0.135. The molecule has 3 aromatic rings. The molecule has 0 fully saturated rings. The van der Waals surface area contributed by atoms with Crippen LogP contribution in [0.5, 0.6) is 11.5 Å². The predicted octanol–water partition coefficient (Wildman–Crippen LogP) is 6.47. The van der Waals surface area contributed by atoms with E-state index in [0.29, 0.717) is 27.8 Å². The van der Waals surface area contributed by atoms with Crippen LogP contribution in [0.25, 0.3) is 17.2 Å². The number of carbonyl (C=O) groups is 1. The van der Waals surface area contributed by atoms with Gasteiger partial charge < -0.3 is 9.84 Å². The third-order valence-corrected chi connectivity index (χ3v) is 5.13. The first-order valence-corrected chi connectivity index (χ1v) is 9.62. The maximum atomic E-state index is 13.8. The maximum absolute atomic E-state index is 13.8. The smallest absolute Gasteiger partial charge is 0.307 e. The van der Waals surface area contributed by atoms with Crippen LogP contribution < -0.4 is 4.74 Å². The van der Waals surface area contributed by atoms with Gasteiger partial charge in [0.25, 0.3) is 0 Å². The van der Waals surface area contributed by atoms with E-state index in [0.717, 1.165) is 22.3 Å². The molecule has 0 spiro atoms. The molecular weight excluding hydrogens is 405 g/mol. The lowest BCUT2D eigenvalue weighted by Crippen LogP contribution is -1.97. The Hall–Kier alpha value is -3.44. The molecule has 0 saturated carbocycles. The van der Waals surface area contributed by atoms with Gasteiger partial charge in [-0.1, -0.05) is 29.8 Å². The van der Waals surface area contributed by atoms with Gasteiger partial charge in [0.05, 0.1) is 12.6 Å². The monoisotopic (exact) mass is 421 g/mol. The van der Waals surface area contributed by atoms with Crippen LogP contribution in [0.15, 0.2) is 66.4 Å². The summed E-state index contributed by atoms with van der Waals surface area (Å²) in [6, 6.07) is 15.3. The number of halogens is 2. The van der Waals surface area contributed by atoms with E-state index in [1.165, 1.54) is 12.1 Å². The summed E-state index contributed by atoms with van der Waals surface area (Å²) in [5, 5.41) is 9.65. The van der Waals surface area contributed by atoms with E-state index < -0.39 is 5.97 Å². The largest absolute Gasteiger partial charge is 0.481 e. The minimum atomic E-state index is -0.945. The second-order valence-electron chi connectivity index (χ2n) is 6.91. The second-order valence-corrected chi connectivity index (χ2v) is 7.30. The topological polar surface area (TPSA) is 59.4 Å². The number of pyridine rings is 1. The van der Waals surface area contributed by atoms with Crippen LogP contribution in [0.3, 0.4) is 0 Å². The summed E-state index contributed by atoms with van der Waals surface area (Å²) in [7, 11) is 0. The van der Waals surface area contributed by atoms with Crippen LogP contribution in [-0.4, -0.2) is 16.1 Å². The number of aliphatic carboxylic acids is 1. The Kier molecular flexibility index (Phi) is 5.38. The van der Waals surface area contributed by atoms with Crippen molar-refractivity contribution in [2.24, 2.45) is 0 Å². The number of hydrogen-bond acceptors (Lipinski definition) is 3. The fourth-order valence-corrected chi connectivity index (χ4v) is 3.60. The fourth-order valence-electron chi connectivity index (χ4n) is 3.49. The number of benzene rings is 2. The molecular formula is C24H17ClFNO3. The molecule has 2 aromatic carbocycles. The van der Waals surface area contributed by atoms with Crippen LogP contribution >= 0.6 is 11.6 Å². The summed E-state index contributed by atoms with van der Waals surface area (Å²) in [6.45, 7) is 1.87. The first-order valence-electron chi connectivity index (χ1n) is 9.24. The van der Waals surface area contributed by atoms with Crippen molar-refractivity contribution in [3.63, 3.8) is 0 Å². The van der Waals surface area contributed by atoms with Crippen molar-refractivity contribution < 1.29 is 19.0 Å². The predicted molar refractivity (Wildman–Crippen MR) is 115 cm³/mol. The number of carboxylic acid groups (broad SMARTS) is 1. The van der Waals surface area contributed by atoms with Crippen LogP contribution in [0.1, 0.15) is 30.0 Å². The van der Waals surface area contributed by atoms with Gasteiger partial charge in [0, 0.05) is 0 Å². The number of allylic oxidation sites excluding steroid dienone is 2. The van der Waals surface area contributed by atoms with E-state index in [-0.39, 0.29) is 12.2 Å². The van der Waals surface area contributed by atoms with Gasteiger partial charge in [-0.25, -0.2) is 9.37 Å². The Morgan fingerprint density at radius 1 is 1.10 bits per heavy atom. The summed E-state index contributed by atoms with van der Waals surface area (Å²) < 4.78 is 19.5. The Morgan fingerprint density at radius 2 is 1.83 bits per heavy atom. The van der Waals surface area contributed by atoms with Gasteiger partial charge in [-0.2, -0.15) is 0 Å². The summed E-state index contributed by atoms with van der Waals surface area (Å²) in [5.74, 6) is -0.105. The lowest BCUT2D eigenvalue weighted by atomic mass is 10.0. The highest BCUT2D eigenvalue weighted by Gasteiger charge is 2.25. The molecule has 6 heteroatoms. The second kappa shape index (κ2) is 8.13. The van der Waals surface area contributed by atoms with Gasteiger partial charge in [-0.15, -0.1) is 0 Å². The highest BCUT2D eigenvalue weighted by molar-refractivity contribution is 6.29. The minimum Gasteiger partial charge on any atom is -0.481 e.